The van der Waals surface area contributed by atoms with Crippen LogP contribution in [0.25, 0.3) is 6.08 Å². The van der Waals surface area contributed by atoms with Crippen LogP contribution in [-0.2, 0) is 4.79 Å². The van der Waals surface area contributed by atoms with Crippen LogP contribution in [0.15, 0.2) is 72.8 Å². The maximum Gasteiger partial charge on any atom is 0.328 e. The second-order valence-corrected chi connectivity index (χ2v) is 3.24. The Kier molecular flexibility index (Phi) is 5.89. The number of carbonyl (C=O) groups is 1. The number of benzene rings is 2. The van der Waals surface area contributed by atoms with Crippen molar-refractivity contribution >= 4 is 12.0 Å². The van der Waals surface area contributed by atoms with E-state index in [0.29, 0.717) is 0 Å². The molecule has 86 valence electrons. The predicted octanol–water partition coefficient (Wildman–Crippen LogP) is 3.47. The van der Waals surface area contributed by atoms with Gasteiger partial charge >= 0.3 is 5.97 Å². The van der Waals surface area contributed by atoms with Crippen LogP contribution < -0.4 is 0 Å². The number of aliphatic carboxylic acids is 1. The van der Waals surface area contributed by atoms with Gasteiger partial charge in [-0.1, -0.05) is 66.7 Å². The molecule has 2 heteroatoms. The van der Waals surface area contributed by atoms with Crippen LogP contribution in [-0.4, -0.2) is 11.1 Å². The Morgan fingerprint density at radius 2 is 1.24 bits per heavy atom. The molecule has 0 spiro atoms. The Morgan fingerprint density at radius 3 is 1.65 bits per heavy atom. The highest BCUT2D eigenvalue weighted by atomic mass is 16.4. The van der Waals surface area contributed by atoms with E-state index in [4.69, 9.17) is 5.11 Å². The molecule has 0 aliphatic carbocycles. The van der Waals surface area contributed by atoms with Crippen molar-refractivity contribution < 1.29 is 9.90 Å². The van der Waals surface area contributed by atoms with Crippen molar-refractivity contribution in [1.29, 1.82) is 0 Å². The molecule has 0 saturated heterocycles. The van der Waals surface area contributed by atoms with Crippen LogP contribution in [0.4, 0.5) is 0 Å². The van der Waals surface area contributed by atoms with Gasteiger partial charge in [-0.25, -0.2) is 4.79 Å². The van der Waals surface area contributed by atoms with E-state index in [1.54, 1.807) is 6.08 Å². The summed E-state index contributed by atoms with van der Waals surface area (Å²) in [5.74, 6) is -0.922. The van der Waals surface area contributed by atoms with Gasteiger partial charge < -0.3 is 5.11 Å². The summed E-state index contributed by atoms with van der Waals surface area (Å²) in [6.45, 7) is 0. The van der Waals surface area contributed by atoms with Crippen molar-refractivity contribution in [2.45, 2.75) is 0 Å². The van der Waals surface area contributed by atoms with Gasteiger partial charge in [0.15, 0.2) is 0 Å². The van der Waals surface area contributed by atoms with Crippen LogP contribution in [0.1, 0.15) is 5.56 Å². The molecule has 0 amide bonds. The summed E-state index contributed by atoms with van der Waals surface area (Å²) in [5.41, 5.74) is 0.898. The lowest BCUT2D eigenvalue weighted by Crippen LogP contribution is -1.85. The molecular formula is C15H14O2. The smallest absolute Gasteiger partial charge is 0.328 e. The van der Waals surface area contributed by atoms with Crippen molar-refractivity contribution in [3.8, 4) is 0 Å². The Hall–Kier alpha value is -2.35. The van der Waals surface area contributed by atoms with E-state index in [1.807, 2.05) is 66.7 Å². The fourth-order valence-electron chi connectivity index (χ4n) is 1.12. The molecule has 0 aliphatic heterocycles. The molecule has 0 aliphatic rings. The number of hydrogen-bond acceptors (Lipinski definition) is 1. The minimum absolute atomic E-state index is 0.898. The highest BCUT2D eigenvalue weighted by Gasteiger charge is 1.85. The van der Waals surface area contributed by atoms with Gasteiger partial charge in [0.2, 0.25) is 0 Å². The van der Waals surface area contributed by atoms with E-state index in [9.17, 15) is 4.79 Å². The molecule has 2 aromatic rings. The molecule has 0 atom stereocenters. The second kappa shape index (κ2) is 7.88. The Morgan fingerprint density at radius 1 is 0.824 bits per heavy atom. The van der Waals surface area contributed by atoms with Crippen LogP contribution in [0.3, 0.4) is 0 Å². The van der Waals surface area contributed by atoms with Gasteiger partial charge in [-0.2, -0.15) is 0 Å². The summed E-state index contributed by atoms with van der Waals surface area (Å²) in [4.78, 5) is 10.1. The Bertz CT molecular complexity index is 420. The molecule has 0 saturated carbocycles. The highest BCUT2D eigenvalue weighted by molar-refractivity contribution is 5.85. The van der Waals surface area contributed by atoms with Gasteiger partial charge in [-0.3, -0.25) is 0 Å². The molecule has 0 fully saturated rings. The lowest BCUT2D eigenvalue weighted by Gasteiger charge is -1.87. The summed E-state index contributed by atoms with van der Waals surface area (Å²) in [7, 11) is 0. The lowest BCUT2D eigenvalue weighted by molar-refractivity contribution is -0.131. The quantitative estimate of drug-likeness (QED) is 0.796. The first-order valence-corrected chi connectivity index (χ1v) is 5.25. The van der Waals surface area contributed by atoms with Gasteiger partial charge in [0, 0.05) is 6.08 Å². The van der Waals surface area contributed by atoms with E-state index < -0.39 is 5.97 Å². The first kappa shape index (κ1) is 12.7. The summed E-state index contributed by atoms with van der Waals surface area (Å²) in [6, 6.07) is 21.3. The van der Waals surface area contributed by atoms with Crippen molar-refractivity contribution in [2.75, 3.05) is 0 Å². The van der Waals surface area contributed by atoms with Crippen LogP contribution in [0, 0.1) is 0 Å². The van der Waals surface area contributed by atoms with Gasteiger partial charge in [0.25, 0.3) is 0 Å². The van der Waals surface area contributed by atoms with Gasteiger partial charge in [-0.05, 0) is 11.6 Å². The highest BCUT2D eigenvalue weighted by Crippen LogP contribution is 1.99. The minimum atomic E-state index is -0.922. The molecule has 17 heavy (non-hydrogen) atoms. The first-order valence-electron chi connectivity index (χ1n) is 5.25. The van der Waals surface area contributed by atoms with Crippen molar-refractivity contribution in [3.63, 3.8) is 0 Å². The standard InChI is InChI=1S/C9H8O2.C6H6/c10-9(11)7-6-8-4-2-1-3-5-8;1-2-4-6-5-3-1/h1-7H,(H,10,11);1-6H/b7-6+;. The van der Waals surface area contributed by atoms with Gasteiger partial charge in [0.05, 0.1) is 0 Å². The monoisotopic (exact) mass is 226 g/mol. The Labute approximate surface area is 101 Å². The van der Waals surface area contributed by atoms with E-state index in [-0.39, 0.29) is 0 Å². The fourth-order valence-corrected chi connectivity index (χ4v) is 1.12. The van der Waals surface area contributed by atoms with Crippen LogP contribution in [0.5, 0.6) is 0 Å². The molecule has 2 aromatic carbocycles. The first-order chi connectivity index (χ1) is 8.29. The Balaban J connectivity index is 0.000000202. The SMILES string of the molecule is O=C(O)/C=C/c1ccccc1.c1ccccc1. The molecule has 0 unspecified atom stereocenters. The van der Waals surface area contributed by atoms with E-state index in [0.717, 1.165) is 11.6 Å². The molecule has 0 radical (unpaired) electrons. The summed E-state index contributed by atoms with van der Waals surface area (Å²) < 4.78 is 0. The zero-order chi connectivity index (χ0) is 12.3. The second-order valence-electron chi connectivity index (χ2n) is 3.24. The van der Waals surface area contributed by atoms with Crippen molar-refractivity contribution in [3.05, 3.63) is 78.4 Å². The third-order valence-corrected chi connectivity index (χ3v) is 1.88. The topological polar surface area (TPSA) is 37.3 Å². The summed E-state index contributed by atoms with van der Waals surface area (Å²) in [6.07, 6.45) is 2.68. The minimum Gasteiger partial charge on any atom is -0.478 e. The van der Waals surface area contributed by atoms with E-state index in [1.165, 1.54) is 0 Å². The largest absolute Gasteiger partial charge is 0.478 e. The third kappa shape index (κ3) is 6.68. The van der Waals surface area contributed by atoms with Crippen molar-refractivity contribution in [2.24, 2.45) is 0 Å². The van der Waals surface area contributed by atoms with E-state index >= 15 is 0 Å². The third-order valence-electron chi connectivity index (χ3n) is 1.88. The molecule has 0 heterocycles. The molecule has 2 nitrogen and oxygen atoms in total. The molecule has 0 aromatic heterocycles. The van der Waals surface area contributed by atoms with Crippen LogP contribution >= 0.6 is 0 Å². The number of hydrogen-bond donors (Lipinski definition) is 1. The molecule has 0 bridgehead atoms. The van der Waals surface area contributed by atoms with Gasteiger partial charge in [0.1, 0.15) is 0 Å². The average molecular weight is 226 g/mol. The molecular weight excluding hydrogens is 212 g/mol. The normalized spacial score (nSPS) is 9.41. The zero-order valence-electron chi connectivity index (χ0n) is 9.36. The number of carboxylic acids is 1. The summed E-state index contributed by atoms with van der Waals surface area (Å²) in [5, 5.41) is 8.29. The van der Waals surface area contributed by atoms with Gasteiger partial charge in [-0.15, -0.1) is 0 Å². The maximum absolute atomic E-state index is 10.1. The fraction of sp³-hybridized carbons (Fsp3) is 0. The number of carboxylic acid groups (broad SMARTS) is 1. The zero-order valence-corrected chi connectivity index (χ0v) is 9.36. The van der Waals surface area contributed by atoms with Crippen LogP contribution in [0.2, 0.25) is 0 Å². The predicted molar refractivity (Wildman–Crippen MR) is 69.6 cm³/mol. The van der Waals surface area contributed by atoms with Crippen molar-refractivity contribution in [1.82, 2.24) is 0 Å². The number of rotatable bonds is 2. The van der Waals surface area contributed by atoms with E-state index in [2.05, 4.69) is 0 Å². The summed E-state index contributed by atoms with van der Waals surface area (Å²) >= 11 is 0. The molecule has 2 rings (SSSR count). The molecule has 1 N–H and O–H groups in total. The lowest BCUT2D eigenvalue weighted by atomic mass is 10.2. The average Bonchev–Trinajstić information content (AvgIpc) is 2.40. The maximum atomic E-state index is 10.1.